The molecule has 3 nitrogen and oxygen atoms in total. The lowest BCUT2D eigenvalue weighted by atomic mass is 9.98. The summed E-state index contributed by atoms with van der Waals surface area (Å²) in [6, 6.07) is 14.3. The Morgan fingerprint density at radius 1 is 0.913 bits per heavy atom. The van der Waals surface area contributed by atoms with E-state index in [-0.39, 0.29) is 0 Å². The van der Waals surface area contributed by atoms with Crippen LogP contribution in [0.25, 0.3) is 0 Å². The quantitative estimate of drug-likeness (QED) is 0.747. The fourth-order valence-corrected chi connectivity index (χ4v) is 2.62. The highest BCUT2D eigenvalue weighted by atomic mass is 16.5. The zero-order valence-corrected chi connectivity index (χ0v) is 14.3. The van der Waals surface area contributed by atoms with E-state index in [9.17, 15) is 0 Å². The second kappa shape index (κ2) is 8.59. The molecule has 2 aromatic carbocycles. The van der Waals surface area contributed by atoms with E-state index in [1.807, 2.05) is 18.2 Å². The lowest BCUT2D eigenvalue weighted by Gasteiger charge is -2.13. The predicted octanol–water partition coefficient (Wildman–Crippen LogP) is 4.08. The molecule has 0 aromatic heterocycles. The molecule has 2 rings (SSSR count). The van der Waals surface area contributed by atoms with Gasteiger partial charge in [0, 0.05) is 0 Å². The first-order chi connectivity index (χ1) is 11.1. The summed E-state index contributed by atoms with van der Waals surface area (Å²) in [5.74, 6) is 2.30. The first-order valence-corrected chi connectivity index (χ1v) is 8.25. The van der Waals surface area contributed by atoms with Gasteiger partial charge in [-0.2, -0.15) is 0 Å². The van der Waals surface area contributed by atoms with Gasteiger partial charge in [0.15, 0.2) is 0 Å². The van der Waals surface area contributed by atoms with Crippen molar-refractivity contribution in [1.82, 2.24) is 0 Å². The van der Waals surface area contributed by atoms with Crippen LogP contribution in [0.1, 0.15) is 36.5 Å². The van der Waals surface area contributed by atoms with E-state index < -0.39 is 0 Å². The van der Waals surface area contributed by atoms with Gasteiger partial charge < -0.3 is 15.2 Å². The summed E-state index contributed by atoms with van der Waals surface area (Å²) in [7, 11) is 0. The maximum atomic E-state index is 5.76. The van der Waals surface area contributed by atoms with E-state index in [1.54, 1.807) is 0 Å². The molecule has 124 valence electrons. The Bertz CT molecular complexity index is 606. The maximum absolute atomic E-state index is 5.76. The first-order valence-electron chi connectivity index (χ1n) is 8.25. The van der Waals surface area contributed by atoms with E-state index in [2.05, 4.69) is 45.0 Å². The molecule has 0 aliphatic carbocycles. The normalized spacial score (nSPS) is 10.8. The molecular weight excluding hydrogens is 286 g/mol. The van der Waals surface area contributed by atoms with Crippen molar-refractivity contribution >= 4 is 0 Å². The lowest BCUT2D eigenvalue weighted by Crippen LogP contribution is -2.09. The Kier molecular flexibility index (Phi) is 6.48. The van der Waals surface area contributed by atoms with Gasteiger partial charge in [0.05, 0.1) is 0 Å². The van der Waals surface area contributed by atoms with Gasteiger partial charge in [-0.1, -0.05) is 32.0 Å². The summed E-state index contributed by atoms with van der Waals surface area (Å²) < 4.78 is 11.5. The van der Waals surface area contributed by atoms with Gasteiger partial charge in [0.25, 0.3) is 0 Å². The summed E-state index contributed by atoms with van der Waals surface area (Å²) >= 11 is 0. The molecule has 0 radical (unpaired) electrons. The van der Waals surface area contributed by atoms with Crippen LogP contribution in [0.5, 0.6) is 11.5 Å². The zero-order chi connectivity index (χ0) is 16.7. The van der Waals surface area contributed by atoms with Gasteiger partial charge in [0.1, 0.15) is 24.7 Å². The van der Waals surface area contributed by atoms with E-state index in [1.165, 1.54) is 16.7 Å². The fourth-order valence-electron chi connectivity index (χ4n) is 2.62. The number of hydrogen-bond acceptors (Lipinski definition) is 3. The molecule has 0 spiro atoms. The number of benzene rings is 2. The smallest absolute Gasteiger partial charge is 0.122 e. The predicted molar refractivity (Wildman–Crippen MR) is 95.5 cm³/mol. The van der Waals surface area contributed by atoms with Gasteiger partial charge in [-0.25, -0.2) is 0 Å². The highest BCUT2D eigenvalue weighted by molar-refractivity contribution is 5.36. The van der Waals surface area contributed by atoms with Crippen LogP contribution >= 0.6 is 0 Å². The van der Waals surface area contributed by atoms with Crippen LogP contribution in [0.4, 0.5) is 0 Å². The van der Waals surface area contributed by atoms with E-state index in [0.29, 0.717) is 25.7 Å². The fraction of sp³-hybridized carbons (Fsp3) is 0.400. The van der Waals surface area contributed by atoms with Crippen LogP contribution in [0, 0.1) is 6.92 Å². The Morgan fingerprint density at radius 2 is 1.52 bits per heavy atom. The van der Waals surface area contributed by atoms with Gasteiger partial charge in [0.2, 0.25) is 0 Å². The minimum absolute atomic E-state index is 0.529. The minimum atomic E-state index is 0.529. The summed E-state index contributed by atoms with van der Waals surface area (Å²) in [5, 5.41) is 0. The van der Waals surface area contributed by atoms with Crippen molar-refractivity contribution < 1.29 is 9.47 Å². The maximum Gasteiger partial charge on any atom is 0.122 e. The second-order valence-electron chi connectivity index (χ2n) is 6.05. The van der Waals surface area contributed by atoms with Crippen LogP contribution in [-0.4, -0.2) is 19.8 Å². The van der Waals surface area contributed by atoms with Crippen molar-refractivity contribution in [3.63, 3.8) is 0 Å². The zero-order valence-electron chi connectivity index (χ0n) is 14.3. The van der Waals surface area contributed by atoms with Gasteiger partial charge >= 0.3 is 0 Å². The first kappa shape index (κ1) is 17.4. The third-order valence-electron chi connectivity index (χ3n) is 3.84. The molecule has 0 aliphatic rings. The second-order valence-corrected chi connectivity index (χ2v) is 6.05. The molecule has 2 aromatic rings. The molecule has 0 heterocycles. The highest BCUT2D eigenvalue weighted by Gasteiger charge is 2.04. The van der Waals surface area contributed by atoms with Crippen molar-refractivity contribution in [3.05, 3.63) is 59.2 Å². The molecule has 0 unspecified atom stereocenters. The Hall–Kier alpha value is -2.00. The Balaban J connectivity index is 1.78. The van der Waals surface area contributed by atoms with Crippen LogP contribution in [0.15, 0.2) is 42.5 Å². The van der Waals surface area contributed by atoms with Gasteiger partial charge in [-0.3, -0.25) is 0 Å². The molecule has 2 N–H and O–H groups in total. The largest absolute Gasteiger partial charge is 0.490 e. The molecule has 23 heavy (non-hydrogen) atoms. The molecule has 0 saturated heterocycles. The van der Waals surface area contributed by atoms with Crippen LogP contribution in [0.3, 0.4) is 0 Å². The number of ether oxygens (including phenoxy) is 2. The summed E-state index contributed by atoms with van der Waals surface area (Å²) in [6.07, 6.45) is 0.898. The molecule has 0 aliphatic heterocycles. The minimum Gasteiger partial charge on any atom is -0.490 e. The number of rotatable bonds is 8. The summed E-state index contributed by atoms with van der Waals surface area (Å²) in [4.78, 5) is 0. The standard InChI is InChI=1S/C20H27NO2/c1-15(2)20-9-8-19(14-16(20)3)23-13-12-22-18-6-4-17(5-7-18)10-11-21/h4-9,14-15H,10-13,21H2,1-3H3. The molecule has 0 saturated carbocycles. The van der Waals surface area contributed by atoms with E-state index in [4.69, 9.17) is 15.2 Å². The number of hydrogen-bond donors (Lipinski definition) is 1. The van der Waals surface area contributed by atoms with Crippen LogP contribution in [0.2, 0.25) is 0 Å². The third kappa shape index (κ3) is 5.29. The van der Waals surface area contributed by atoms with E-state index in [0.717, 1.165) is 17.9 Å². The third-order valence-corrected chi connectivity index (χ3v) is 3.84. The van der Waals surface area contributed by atoms with E-state index >= 15 is 0 Å². The highest BCUT2D eigenvalue weighted by Crippen LogP contribution is 2.23. The Morgan fingerprint density at radius 3 is 2.09 bits per heavy atom. The summed E-state index contributed by atoms with van der Waals surface area (Å²) in [6.45, 7) is 8.27. The molecule has 3 heteroatoms. The topological polar surface area (TPSA) is 44.5 Å². The average molecular weight is 313 g/mol. The molecule has 0 atom stereocenters. The SMILES string of the molecule is Cc1cc(OCCOc2ccc(CCN)cc2)ccc1C(C)C. The monoisotopic (exact) mass is 313 g/mol. The van der Waals surface area contributed by atoms with Crippen molar-refractivity contribution in [3.8, 4) is 11.5 Å². The lowest BCUT2D eigenvalue weighted by molar-refractivity contribution is 0.217. The average Bonchev–Trinajstić information content (AvgIpc) is 2.53. The van der Waals surface area contributed by atoms with Crippen molar-refractivity contribution in [2.24, 2.45) is 5.73 Å². The van der Waals surface area contributed by atoms with Crippen molar-refractivity contribution in [1.29, 1.82) is 0 Å². The molecule has 0 amide bonds. The van der Waals surface area contributed by atoms with Crippen molar-refractivity contribution in [2.75, 3.05) is 19.8 Å². The molecule has 0 fully saturated rings. The molecule has 0 bridgehead atoms. The van der Waals surface area contributed by atoms with Gasteiger partial charge in [-0.15, -0.1) is 0 Å². The van der Waals surface area contributed by atoms with Crippen LogP contribution < -0.4 is 15.2 Å². The van der Waals surface area contributed by atoms with Gasteiger partial charge in [-0.05, 0) is 66.8 Å². The number of nitrogens with two attached hydrogens (primary N) is 1. The number of aryl methyl sites for hydroxylation is 1. The Labute approximate surface area is 139 Å². The van der Waals surface area contributed by atoms with Crippen LogP contribution in [-0.2, 0) is 6.42 Å². The summed E-state index contributed by atoms with van der Waals surface area (Å²) in [5.41, 5.74) is 9.41. The van der Waals surface area contributed by atoms with Crippen molar-refractivity contribution in [2.45, 2.75) is 33.1 Å². The molecular formula is C20H27NO2.